The quantitative estimate of drug-likeness (QED) is 0.667. The van der Waals surface area contributed by atoms with Crippen molar-refractivity contribution in [2.75, 3.05) is 0 Å². The van der Waals surface area contributed by atoms with Crippen LogP contribution in [0.1, 0.15) is 78.5 Å². The second kappa shape index (κ2) is 7.01. The molecule has 0 aliphatic heterocycles. The average molecular weight is 242 g/mol. The van der Waals surface area contributed by atoms with E-state index in [1.165, 1.54) is 0 Å². The first-order valence-electron chi connectivity index (χ1n) is 7.95. The molecule has 0 N–H and O–H groups in total. The average Bonchev–Trinajstić information content (AvgIpc) is 3.02. The van der Waals surface area contributed by atoms with Gasteiger partial charge in [-0.15, -0.1) is 0 Å². The zero-order valence-electron chi connectivity index (χ0n) is 12.8. The molecule has 0 unspecified atom stereocenters. The summed E-state index contributed by atoms with van der Waals surface area (Å²) in [5.74, 6) is 3.43. The Morgan fingerprint density at radius 2 is 0.765 bits per heavy atom. The van der Waals surface area contributed by atoms with Crippen molar-refractivity contribution in [3.8, 4) is 0 Å². The van der Waals surface area contributed by atoms with E-state index in [9.17, 15) is 0 Å². The van der Waals surface area contributed by atoms with Crippen LogP contribution >= 0.6 is 0 Å². The summed E-state index contributed by atoms with van der Waals surface area (Å²) < 4.78 is 0. The number of hydrogen-bond acceptors (Lipinski definition) is 0. The van der Waals surface area contributed by atoms with Gasteiger partial charge in [-0.05, 0) is 0 Å². The fourth-order valence-corrected chi connectivity index (χ4v) is 5.18. The molecule has 0 nitrogen and oxygen atoms in total. The standard InChI is InChI=1S/C15H27B.Na.H/c1-2-8-13(7-1)16(14-9-3-4-10-14)15-11-5-6-12-15;;/h13-15H,1-12H2;;/q;+1;-1. The minimum atomic E-state index is 0. The van der Waals surface area contributed by atoms with Crippen LogP contribution in [0.3, 0.4) is 0 Å². The molecule has 3 rings (SSSR count). The Kier molecular flexibility index (Phi) is 5.97. The smallest absolute Gasteiger partial charge is 1.00 e. The molecule has 0 aromatic heterocycles. The van der Waals surface area contributed by atoms with Crippen molar-refractivity contribution in [2.45, 2.75) is 94.5 Å². The monoisotopic (exact) mass is 242 g/mol. The van der Waals surface area contributed by atoms with Gasteiger partial charge in [-0.2, -0.15) is 0 Å². The molecular formula is C15H28BNa. The van der Waals surface area contributed by atoms with Gasteiger partial charge in [-0.25, -0.2) is 0 Å². The van der Waals surface area contributed by atoms with Gasteiger partial charge in [-0.1, -0.05) is 94.5 Å². The minimum Gasteiger partial charge on any atom is -1.00 e. The predicted octanol–water partition coefficient (Wildman–Crippen LogP) is 2.43. The van der Waals surface area contributed by atoms with Gasteiger partial charge < -0.3 is 1.43 Å². The van der Waals surface area contributed by atoms with Crippen LogP contribution in [-0.4, -0.2) is 6.71 Å². The van der Waals surface area contributed by atoms with Crippen LogP contribution in [-0.2, 0) is 0 Å². The summed E-state index contributed by atoms with van der Waals surface area (Å²) in [6, 6.07) is 0. The normalized spacial score (nSPS) is 27.5. The number of hydrogen-bond donors (Lipinski definition) is 0. The maximum Gasteiger partial charge on any atom is 1.00 e. The molecule has 3 fully saturated rings. The third-order valence-corrected chi connectivity index (χ3v) is 5.83. The van der Waals surface area contributed by atoms with E-state index in [4.69, 9.17) is 0 Å². The molecule has 3 aliphatic rings. The Balaban J connectivity index is 0.000000810. The second-order valence-corrected chi connectivity index (χ2v) is 6.71. The Hall–Kier alpha value is 1.06. The number of rotatable bonds is 3. The molecule has 0 radical (unpaired) electrons. The first-order chi connectivity index (χ1) is 7.95. The summed E-state index contributed by atoms with van der Waals surface area (Å²) in [5.41, 5.74) is 0. The van der Waals surface area contributed by atoms with Crippen molar-refractivity contribution < 1.29 is 31.0 Å². The van der Waals surface area contributed by atoms with E-state index in [0.29, 0.717) is 0 Å². The summed E-state index contributed by atoms with van der Waals surface area (Å²) in [6.45, 7) is 1.16. The molecule has 3 saturated carbocycles. The van der Waals surface area contributed by atoms with Crippen LogP contribution in [0.25, 0.3) is 0 Å². The van der Waals surface area contributed by atoms with Crippen molar-refractivity contribution >= 4 is 6.71 Å². The largest absolute Gasteiger partial charge is 1.00 e. The first-order valence-corrected chi connectivity index (χ1v) is 7.95. The molecule has 2 heteroatoms. The van der Waals surface area contributed by atoms with Crippen molar-refractivity contribution in [1.29, 1.82) is 0 Å². The topological polar surface area (TPSA) is 0 Å². The van der Waals surface area contributed by atoms with Crippen LogP contribution in [0, 0.1) is 0 Å². The van der Waals surface area contributed by atoms with Crippen molar-refractivity contribution in [3.63, 3.8) is 0 Å². The van der Waals surface area contributed by atoms with E-state index in [2.05, 4.69) is 0 Å². The maximum atomic E-state index is 1.58. The van der Waals surface area contributed by atoms with Gasteiger partial charge in [0.1, 0.15) is 6.71 Å². The second-order valence-electron chi connectivity index (χ2n) is 6.71. The molecule has 0 aromatic carbocycles. The SMILES string of the molecule is C1CCC(B(C2CCCC2)C2CCCC2)C1.[H-].[Na+]. The van der Waals surface area contributed by atoms with Crippen LogP contribution in [0.5, 0.6) is 0 Å². The van der Waals surface area contributed by atoms with E-state index in [0.717, 1.165) is 24.2 Å². The van der Waals surface area contributed by atoms with Crippen molar-refractivity contribution in [2.24, 2.45) is 0 Å². The maximum absolute atomic E-state index is 1.58. The van der Waals surface area contributed by atoms with Gasteiger partial charge in [0.15, 0.2) is 0 Å². The van der Waals surface area contributed by atoms with E-state index in [1.54, 1.807) is 77.0 Å². The Morgan fingerprint density at radius 3 is 1.00 bits per heavy atom. The van der Waals surface area contributed by atoms with E-state index in [-0.39, 0.29) is 31.0 Å². The zero-order chi connectivity index (χ0) is 10.8. The van der Waals surface area contributed by atoms with Crippen LogP contribution in [0.4, 0.5) is 0 Å². The molecule has 92 valence electrons. The van der Waals surface area contributed by atoms with E-state index < -0.39 is 0 Å². The summed E-state index contributed by atoms with van der Waals surface area (Å²) in [4.78, 5) is 0. The molecule has 0 saturated heterocycles. The Bertz CT molecular complexity index is 180. The Labute approximate surface area is 132 Å². The molecule has 17 heavy (non-hydrogen) atoms. The van der Waals surface area contributed by atoms with Crippen LogP contribution in [0.15, 0.2) is 0 Å². The molecule has 0 atom stereocenters. The molecular weight excluding hydrogens is 214 g/mol. The first kappa shape index (κ1) is 14.5. The summed E-state index contributed by atoms with van der Waals surface area (Å²) >= 11 is 0. The van der Waals surface area contributed by atoms with Crippen LogP contribution in [0.2, 0.25) is 17.5 Å². The van der Waals surface area contributed by atoms with E-state index in [1.807, 2.05) is 0 Å². The summed E-state index contributed by atoms with van der Waals surface area (Å²) in [7, 11) is 0. The van der Waals surface area contributed by atoms with Crippen molar-refractivity contribution in [3.05, 3.63) is 0 Å². The van der Waals surface area contributed by atoms with Gasteiger partial charge in [0.2, 0.25) is 0 Å². The molecule has 0 amide bonds. The van der Waals surface area contributed by atoms with Gasteiger partial charge in [0, 0.05) is 0 Å². The van der Waals surface area contributed by atoms with Gasteiger partial charge in [0.25, 0.3) is 0 Å². The molecule has 0 heterocycles. The zero-order valence-corrected chi connectivity index (χ0v) is 13.8. The third kappa shape index (κ3) is 3.34. The summed E-state index contributed by atoms with van der Waals surface area (Å²) in [6.07, 6.45) is 18.7. The molecule has 0 bridgehead atoms. The van der Waals surface area contributed by atoms with Gasteiger partial charge in [0.05, 0.1) is 0 Å². The molecule has 3 aliphatic carbocycles. The van der Waals surface area contributed by atoms with Gasteiger partial charge in [-0.3, -0.25) is 0 Å². The van der Waals surface area contributed by atoms with Crippen molar-refractivity contribution in [1.82, 2.24) is 0 Å². The Morgan fingerprint density at radius 1 is 0.529 bits per heavy atom. The fraction of sp³-hybridized carbons (Fsp3) is 1.00. The summed E-state index contributed by atoms with van der Waals surface area (Å²) in [5, 5.41) is 0. The molecule has 0 spiro atoms. The van der Waals surface area contributed by atoms with Crippen LogP contribution < -0.4 is 29.6 Å². The predicted molar refractivity (Wildman–Crippen MR) is 73.5 cm³/mol. The van der Waals surface area contributed by atoms with E-state index >= 15 is 0 Å². The van der Waals surface area contributed by atoms with Gasteiger partial charge >= 0.3 is 29.6 Å². The third-order valence-electron chi connectivity index (χ3n) is 5.83. The molecule has 0 aromatic rings. The minimum absolute atomic E-state index is 0. The fourth-order valence-electron chi connectivity index (χ4n) is 5.18.